The topological polar surface area (TPSA) is 85.1 Å². The number of hydrogen-bond donors (Lipinski definition) is 1. The van der Waals surface area contributed by atoms with Crippen molar-refractivity contribution in [1.82, 2.24) is 10.3 Å². The third-order valence-corrected chi connectivity index (χ3v) is 2.81. The van der Waals surface area contributed by atoms with Crippen LogP contribution in [0.4, 0.5) is 5.69 Å². The van der Waals surface area contributed by atoms with Crippen molar-refractivity contribution in [2.45, 2.75) is 20.3 Å². The number of halogens is 1. The van der Waals surface area contributed by atoms with E-state index in [0.717, 1.165) is 12.6 Å². The Labute approximate surface area is 110 Å². The van der Waals surface area contributed by atoms with E-state index in [1.807, 2.05) is 13.8 Å². The maximum absolute atomic E-state index is 11.8. The van der Waals surface area contributed by atoms with Crippen LogP contribution < -0.4 is 5.32 Å². The highest BCUT2D eigenvalue weighted by Gasteiger charge is 2.21. The van der Waals surface area contributed by atoms with Gasteiger partial charge < -0.3 is 5.32 Å². The highest BCUT2D eigenvalue weighted by Crippen LogP contribution is 2.20. The maximum atomic E-state index is 11.8. The molecule has 18 heavy (non-hydrogen) atoms. The van der Waals surface area contributed by atoms with Crippen molar-refractivity contribution in [2.24, 2.45) is 5.92 Å². The molecule has 0 spiro atoms. The average molecular weight is 272 g/mol. The molecule has 6 nitrogen and oxygen atoms in total. The molecule has 1 heterocycles. The molecule has 1 amide bonds. The Morgan fingerprint density at radius 1 is 1.67 bits per heavy atom. The molecule has 0 fully saturated rings. The molecule has 0 aliphatic rings. The molecule has 1 unspecified atom stereocenters. The van der Waals surface area contributed by atoms with Crippen molar-refractivity contribution in [2.75, 3.05) is 6.54 Å². The number of nitrogens with one attached hydrogen (secondary N) is 1. The van der Waals surface area contributed by atoms with E-state index < -0.39 is 10.8 Å². The van der Waals surface area contributed by atoms with Crippen LogP contribution >= 0.6 is 11.6 Å². The smallest absolute Gasteiger partial charge is 0.300 e. The number of nitrogens with zero attached hydrogens (tertiary/aromatic N) is 2. The van der Waals surface area contributed by atoms with Crippen LogP contribution in [0.15, 0.2) is 12.3 Å². The number of amides is 1. The number of pyridine rings is 1. The van der Waals surface area contributed by atoms with E-state index in [1.165, 1.54) is 6.07 Å². The molecule has 0 saturated carbocycles. The first-order valence-electron chi connectivity index (χ1n) is 5.53. The summed E-state index contributed by atoms with van der Waals surface area (Å²) in [6, 6.07) is 1.20. The van der Waals surface area contributed by atoms with Crippen molar-refractivity contribution in [3.8, 4) is 0 Å². The molecule has 0 aliphatic carbocycles. The quantitative estimate of drug-likeness (QED) is 0.506. The molecule has 0 aromatic carbocycles. The van der Waals surface area contributed by atoms with E-state index in [1.54, 1.807) is 0 Å². The minimum Gasteiger partial charge on any atom is -0.352 e. The lowest BCUT2D eigenvalue weighted by Gasteiger charge is -2.10. The van der Waals surface area contributed by atoms with Crippen molar-refractivity contribution in [3.05, 3.63) is 33.1 Å². The second-order valence-electron chi connectivity index (χ2n) is 4.00. The van der Waals surface area contributed by atoms with Gasteiger partial charge in [-0.2, -0.15) is 0 Å². The Bertz CT molecular complexity index is 465. The Balaban J connectivity index is 2.90. The van der Waals surface area contributed by atoms with Crippen molar-refractivity contribution in [3.63, 3.8) is 0 Å². The molecule has 1 aromatic heterocycles. The summed E-state index contributed by atoms with van der Waals surface area (Å²) in [6.45, 7) is 4.45. The van der Waals surface area contributed by atoms with E-state index >= 15 is 0 Å². The third kappa shape index (κ3) is 3.66. The van der Waals surface area contributed by atoms with Crippen molar-refractivity contribution in [1.29, 1.82) is 0 Å². The summed E-state index contributed by atoms with van der Waals surface area (Å²) in [6.07, 6.45) is 1.90. The summed E-state index contributed by atoms with van der Waals surface area (Å²) in [5.74, 6) is -0.198. The second-order valence-corrected chi connectivity index (χ2v) is 4.39. The lowest BCUT2D eigenvalue weighted by Crippen LogP contribution is -2.28. The molecule has 0 bridgehead atoms. The first-order valence-corrected chi connectivity index (χ1v) is 5.91. The number of nitro groups is 1. The van der Waals surface area contributed by atoms with E-state index in [4.69, 9.17) is 11.6 Å². The standard InChI is InChI=1S/C11H14ClN3O3/c1-3-7(2)5-14-11(16)8-4-10(12)13-6-9(8)15(17)18/h4,6-7H,3,5H2,1-2H3,(H,14,16). The van der Waals surface area contributed by atoms with Crippen LogP contribution in [0.3, 0.4) is 0 Å². The molecule has 0 saturated heterocycles. The highest BCUT2D eigenvalue weighted by atomic mass is 35.5. The summed E-state index contributed by atoms with van der Waals surface area (Å²) in [5, 5.41) is 13.5. The van der Waals surface area contributed by atoms with E-state index in [2.05, 4.69) is 10.3 Å². The van der Waals surface area contributed by atoms with Crippen molar-refractivity contribution < 1.29 is 9.72 Å². The number of rotatable bonds is 5. The van der Waals surface area contributed by atoms with Gasteiger partial charge in [0.15, 0.2) is 0 Å². The van der Waals surface area contributed by atoms with Crippen LogP contribution in [0.5, 0.6) is 0 Å². The lowest BCUT2D eigenvalue weighted by atomic mass is 10.1. The fourth-order valence-electron chi connectivity index (χ4n) is 1.26. The van der Waals surface area contributed by atoms with Crippen LogP contribution in [0, 0.1) is 16.0 Å². The van der Waals surface area contributed by atoms with Crippen LogP contribution in [-0.2, 0) is 0 Å². The van der Waals surface area contributed by atoms with E-state index in [9.17, 15) is 14.9 Å². The van der Waals surface area contributed by atoms with Crippen LogP contribution in [0.2, 0.25) is 5.15 Å². The van der Waals surface area contributed by atoms with Crippen LogP contribution in [-0.4, -0.2) is 22.4 Å². The minimum atomic E-state index is -0.651. The minimum absolute atomic E-state index is 0.0503. The Hall–Kier alpha value is -1.69. The number of hydrogen-bond acceptors (Lipinski definition) is 4. The normalized spacial score (nSPS) is 11.9. The molecular formula is C11H14ClN3O3. The number of carbonyl (C=O) groups is 1. The summed E-state index contributed by atoms with van der Waals surface area (Å²) >= 11 is 5.64. The van der Waals surface area contributed by atoms with Gasteiger partial charge in [0, 0.05) is 6.54 Å². The Morgan fingerprint density at radius 2 is 2.33 bits per heavy atom. The van der Waals surface area contributed by atoms with E-state index in [-0.39, 0.29) is 16.4 Å². The molecule has 98 valence electrons. The first kappa shape index (κ1) is 14.4. The van der Waals surface area contributed by atoms with Gasteiger partial charge in [-0.05, 0) is 12.0 Å². The Morgan fingerprint density at radius 3 is 2.89 bits per heavy atom. The zero-order valence-electron chi connectivity index (χ0n) is 10.1. The highest BCUT2D eigenvalue weighted by molar-refractivity contribution is 6.29. The molecule has 0 aliphatic heterocycles. The molecule has 1 rings (SSSR count). The summed E-state index contributed by atoms with van der Waals surface area (Å²) in [5.41, 5.74) is -0.413. The maximum Gasteiger partial charge on any atom is 0.300 e. The molecule has 1 aromatic rings. The molecular weight excluding hydrogens is 258 g/mol. The largest absolute Gasteiger partial charge is 0.352 e. The molecule has 0 radical (unpaired) electrons. The van der Waals surface area contributed by atoms with Gasteiger partial charge in [-0.25, -0.2) is 4.98 Å². The summed E-state index contributed by atoms with van der Waals surface area (Å²) < 4.78 is 0. The SMILES string of the molecule is CCC(C)CNC(=O)c1cc(Cl)ncc1[N+](=O)[O-]. The van der Waals surface area contributed by atoms with Crippen LogP contribution in [0.1, 0.15) is 30.6 Å². The summed E-state index contributed by atoms with van der Waals surface area (Å²) in [4.78, 5) is 25.6. The fraction of sp³-hybridized carbons (Fsp3) is 0.455. The number of carbonyl (C=O) groups excluding carboxylic acids is 1. The van der Waals surface area contributed by atoms with Gasteiger partial charge in [-0.3, -0.25) is 14.9 Å². The van der Waals surface area contributed by atoms with E-state index in [0.29, 0.717) is 12.5 Å². The zero-order chi connectivity index (χ0) is 13.7. The van der Waals surface area contributed by atoms with Gasteiger partial charge in [-0.1, -0.05) is 31.9 Å². The lowest BCUT2D eigenvalue weighted by molar-refractivity contribution is -0.385. The van der Waals surface area contributed by atoms with Gasteiger partial charge in [0.25, 0.3) is 11.6 Å². The van der Waals surface area contributed by atoms with Gasteiger partial charge in [0.1, 0.15) is 16.9 Å². The van der Waals surface area contributed by atoms with Crippen LogP contribution in [0.25, 0.3) is 0 Å². The molecule has 1 N–H and O–H groups in total. The number of aromatic nitrogens is 1. The predicted octanol–water partition coefficient (Wildman–Crippen LogP) is 2.42. The van der Waals surface area contributed by atoms with Crippen molar-refractivity contribution >= 4 is 23.2 Å². The second kappa shape index (κ2) is 6.30. The zero-order valence-corrected chi connectivity index (χ0v) is 10.9. The summed E-state index contributed by atoms with van der Waals surface area (Å²) in [7, 11) is 0. The monoisotopic (exact) mass is 271 g/mol. The molecule has 1 atom stereocenters. The fourth-order valence-corrected chi connectivity index (χ4v) is 1.41. The Kier molecular flexibility index (Phi) is 5.03. The third-order valence-electron chi connectivity index (χ3n) is 2.60. The van der Waals surface area contributed by atoms with Gasteiger partial charge in [0.05, 0.1) is 4.92 Å². The first-order chi connectivity index (χ1) is 8.45. The van der Waals surface area contributed by atoms with Gasteiger partial charge >= 0.3 is 0 Å². The van der Waals surface area contributed by atoms with Gasteiger partial charge in [-0.15, -0.1) is 0 Å². The molecule has 7 heteroatoms. The van der Waals surface area contributed by atoms with Gasteiger partial charge in [0.2, 0.25) is 0 Å². The average Bonchev–Trinajstić information content (AvgIpc) is 2.34. The predicted molar refractivity (Wildman–Crippen MR) is 67.7 cm³/mol.